The fourth-order valence-corrected chi connectivity index (χ4v) is 1.97. The molecular weight excluding hydrogens is 252 g/mol. The number of carbonyl (C=O) groups is 1. The van der Waals surface area contributed by atoms with Gasteiger partial charge in [-0.3, -0.25) is 4.79 Å². The number of aliphatic hydroxyl groups is 1. The van der Waals surface area contributed by atoms with E-state index in [1.807, 2.05) is 31.2 Å². The van der Waals surface area contributed by atoms with Crippen LogP contribution >= 0.6 is 0 Å². The third kappa shape index (κ3) is 3.36. The lowest BCUT2D eigenvalue weighted by molar-refractivity contribution is 0.102. The Labute approximate surface area is 118 Å². The van der Waals surface area contributed by atoms with E-state index in [4.69, 9.17) is 5.11 Å². The maximum Gasteiger partial charge on any atom is 0.257 e. The lowest BCUT2D eigenvalue weighted by Crippen LogP contribution is -2.14. The molecule has 0 fully saturated rings. The van der Waals surface area contributed by atoms with Crippen LogP contribution in [-0.2, 0) is 6.61 Å². The molecule has 3 N–H and O–H groups in total. The van der Waals surface area contributed by atoms with Gasteiger partial charge < -0.3 is 15.7 Å². The Balaban J connectivity index is 2.19. The molecule has 20 heavy (non-hydrogen) atoms. The topological polar surface area (TPSA) is 61.4 Å². The SMILES string of the molecule is CCNc1ccccc1C(=O)Nc1cccc(CO)c1. The Hall–Kier alpha value is -2.33. The molecule has 0 atom stereocenters. The fourth-order valence-electron chi connectivity index (χ4n) is 1.97. The number of anilines is 2. The highest BCUT2D eigenvalue weighted by Crippen LogP contribution is 2.18. The minimum Gasteiger partial charge on any atom is -0.392 e. The zero-order valence-corrected chi connectivity index (χ0v) is 11.4. The molecule has 2 aromatic carbocycles. The van der Waals surface area contributed by atoms with Crippen LogP contribution in [0.25, 0.3) is 0 Å². The maximum absolute atomic E-state index is 12.3. The standard InChI is InChI=1S/C16H18N2O2/c1-2-17-15-9-4-3-8-14(15)16(20)18-13-7-5-6-12(10-13)11-19/h3-10,17,19H,2,11H2,1H3,(H,18,20). The Morgan fingerprint density at radius 1 is 1.15 bits per heavy atom. The molecule has 2 rings (SSSR count). The Bertz CT molecular complexity index is 597. The van der Waals surface area contributed by atoms with Crippen molar-refractivity contribution in [2.24, 2.45) is 0 Å². The summed E-state index contributed by atoms with van der Waals surface area (Å²) in [6.45, 7) is 2.70. The van der Waals surface area contributed by atoms with Gasteiger partial charge in [0.2, 0.25) is 0 Å². The van der Waals surface area contributed by atoms with Gasteiger partial charge >= 0.3 is 0 Å². The van der Waals surface area contributed by atoms with Crippen LogP contribution in [0.5, 0.6) is 0 Å². The highest BCUT2D eigenvalue weighted by molar-refractivity contribution is 6.08. The molecule has 1 amide bonds. The molecular formula is C16H18N2O2. The largest absolute Gasteiger partial charge is 0.392 e. The van der Waals surface area contributed by atoms with Gasteiger partial charge in [0.05, 0.1) is 12.2 Å². The van der Waals surface area contributed by atoms with E-state index in [9.17, 15) is 4.79 Å². The molecule has 104 valence electrons. The summed E-state index contributed by atoms with van der Waals surface area (Å²) in [6, 6.07) is 14.5. The van der Waals surface area contributed by atoms with E-state index < -0.39 is 0 Å². The first-order chi connectivity index (χ1) is 9.74. The van der Waals surface area contributed by atoms with Crippen molar-refractivity contribution in [3.63, 3.8) is 0 Å². The normalized spacial score (nSPS) is 10.1. The number of rotatable bonds is 5. The van der Waals surface area contributed by atoms with Crippen molar-refractivity contribution >= 4 is 17.3 Å². The lowest BCUT2D eigenvalue weighted by atomic mass is 10.1. The van der Waals surface area contributed by atoms with Crippen LogP contribution in [0.3, 0.4) is 0 Å². The summed E-state index contributed by atoms with van der Waals surface area (Å²) in [5.41, 5.74) is 2.85. The summed E-state index contributed by atoms with van der Waals surface area (Å²) < 4.78 is 0. The van der Waals surface area contributed by atoms with E-state index >= 15 is 0 Å². The fraction of sp³-hybridized carbons (Fsp3) is 0.188. The third-order valence-electron chi connectivity index (χ3n) is 2.91. The number of hydrogen-bond donors (Lipinski definition) is 3. The lowest BCUT2D eigenvalue weighted by Gasteiger charge is -2.11. The molecule has 0 spiro atoms. The van der Waals surface area contributed by atoms with Gasteiger partial charge in [-0.25, -0.2) is 0 Å². The number of para-hydroxylation sites is 1. The van der Waals surface area contributed by atoms with E-state index in [1.54, 1.807) is 24.3 Å². The first-order valence-corrected chi connectivity index (χ1v) is 6.58. The molecule has 4 heteroatoms. The quantitative estimate of drug-likeness (QED) is 0.783. The number of amides is 1. The minimum absolute atomic E-state index is 0.0440. The molecule has 0 aromatic heterocycles. The summed E-state index contributed by atoms with van der Waals surface area (Å²) in [6.07, 6.45) is 0. The van der Waals surface area contributed by atoms with Crippen molar-refractivity contribution in [1.82, 2.24) is 0 Å². The molecule has 4 nitrogen and oxygen atoms in total. The summed E-state index contributed by atoms with van der Waals surface area (Å²) in [7, 11) is 0. The molecule has 2 aromatic rings. The van der Waals surface area contributed by atoms with E-state index in [2.05, 4.69) is 10.6 Å². The van der Waals surface area contributed by atoms with Crippen LogP contribution in [0.15, 0.2) is 48.5 Å². The van der Waals surface area contributed by atoms with E-state index in [-0.39, 0.29) is 12.5 Å². The van der Waals surface area contributed by atoms with Crippen molar-refractivity contribution < 1.29 is 9.90 Å². The monoisotopic (exact) mass is 270 g/mol. The van der Waals surface area contributed by atoms with Gasteiger partial charge in [0.1, 0.15) is 0 Å². The van der Waals surface area contributed by atoms with Crippen LogP contribution in [0, 0.1) is 0 Å². The third-order valence-corrected chi connectivity index (χ3v) is 2.91. The first kappa shape index (κ1) is 14.1. The molecule has 0 aliphatic heterocycles. The number of hydrogen-bond acceptors (Lipinski definition) is 3. The number of aliphatic hydroxyl groups excluding tert-OH is 1. The second-order valence-electron chi connectivity index (χ2n) is 4.39. The first-order valence-electron chi connectivity index (χ1n) is 6.58. The average molecular weight is 270 g/mol. The Morgan fingerprint density at radius 3 is 2.70 bits per heavy atom. The highest BCUT2D eigenvalue weighted by atomic mass is 16.3. The predicted molar refractivity (Wildman–Crippen MR) is 80.9 cm³/mol. The van der Waals surface area contributed by atoms with Crippen LogP contribution in [-0.4, -0.2) is 17.6 Å². The zero-order valence-electron chi connectivity index (χ0n) is 11.4. The van der Waals surface area contributed by atoms with Gasteiger partial charge in [0, 0.05) is 17.9 Å². The van der Waals surface area contributed by atoms with Gasteiger partial charge in [-0.15, -0.1) is 0 Å². The summed E-state index contributed by atoms with van der Waals surface area (Å²) in [4.78, 5) is 12.3. The van der Waals surface area contributed by atoms with E-state index in [0.717, 1.165) is 17.8 Å². The van der Waals surface area contributed by atoms with Crippen molar-refractivity contribution in [3.8, 4) is 0 Å². The molecule has 0 radical (unpaired) electrons. The molecule has 0 bridgehead atoms. The van der Waals surface area contributed by atoms with Crippen molar-refractivity contribution in [3.05, 3.63) is 59.7 Å². The van der Waals surface area contributed by atoms with Crippen LogP contribution in [0.2, 0.25) is 0 Å². The molecule has 0 saturated heterocycles. The number of nitrogens with one attached hydrogen (secondary N) is 2. The minimum atomic E-state index is -0.170. The van der Waals surface area contributed by atoms with Gasteiger partial charge in [0.25, 0.3) is 5.91 Å². The Kier molecular flexibility index (Phi) is 4.74. The summed E-state index contributed by atoms with van der Waals surface area (Å²) in [5, 5.41) is 15.1. The molecule has 0 aliphatic carbocycles. The van der Waals surface area contributed by atoms with Crippen LogP contribution < -0.4 is 10.6 Å². The van der Waals surface area contributed by atoms with Crippen LogP contribution in [0.1, 0.15) is 22.8 Å². The predicted octanol–water partition coefficient (Wildman–Crippen LogP) is 2.86. The summed E-state index contributed by atoms with van der Waals surface area (Å²) >= 11 is 0. The second kappa shape index (κ2) is 6.73. The second-order valence-corrected chi connectivity index (χ2v) is 4.39. The zero-order chi connectivity index (χ0) is 14.4. The summed E-state index contributed by atoms with van der Waals surface area (Å²) in [5.74, 6) is -0.170. The average Bonchev–Trinajstić information content (AvgIpc) is 2.48. The van der Waals surface area contributed by atoms with Gasteiger partial charge in [-0.2, -0.15) is 0 Å². The van der Waals surface area contributed by atoms with E-state index in [1.165, 1.54) is 0 Å². The van der Waals surface area contributed by atoms with Crippen LogP contribution in [0.4, 0.5) is 11.4 Å². The van der Waals surface area contributed by atoms with Crippen molar-refractivity contribution in [2.75, 3.05) is 17.2 Å². The Morgan fingerprint density at radius 2 is 1.95 bits per heavy atom. The number of benzene rings is 2. The van der Waals surface area contributed by atoms with Gasteiger partial charge in [-0.05, 0) is 36.8 Å². The molecule has 0 heterocycles. The molecule has 0 aliphatic rings. The van der Waals surface area contributed by atoms with Gasteiger partial charge in [-0.1, -0.05) is 24.3 Å². The highest BCUT2D eigenvalue weighted by Gasteiger charge is 2.10. The van der Waals surface area contributed by atoms with Crippen molar-refractivity contribution in [1.29, 1.82) is 0 Å². The molecule has 0 saturated carbocycles. The van der Waals surface area contributed by atoms with Crippen molar-refractivity contribution in [2.45, 2.75) is 13.5 Å². The number of carbonyl (C=O) groups excluding carboxylic acids is 1. The smallest absolute Gasteiger partial charge is 0.257 e. The van der Waals surface area contributed by atoms with E-state index in [0.29, 0.717) is 11.3 Å². The van der Waals surface area contributed by atoms with Gasteiger partial charge in [0.15, 0.2) is 0 Å². The molecule has 0 unspecified atom stereocenters. The maximum atomic E-state index is 12.3.